The molecular weight excluding hydrogens is 232 g/mol. The molecule has 0 aromatic carbocycles. The van der Waals surface area contributed by atoms with Gasteiger partial charge in [-0.3, -0.25) is 9.59 Å². The number of hydrogen-bond acceptors (Lipinski definition) is 3. The molecule has 1 unspecified atom stereocenters. The molecule has 1 saturated carbocycles. The molecule has 102 valence electrons. The summed E-state index contributed by atoms with van der Waals surface area (Å²) in [5.41, 5.74) is -1.10. The standard InChI is InChI=1S/C13H22N2O3/c1-9(2)15-6-3-10(8-15)7-14-11(16)13(4-5-13)12(17)18/h9-10H,3-8H2,1-2H3,(H,14,16)(H,17,18). The summed E-state index contributed by atoms with van der Waals surface area (Å²) in [7, 11) is 0. The molecule has 2 fully saturated rings. The molecule has 1 atom stereocenters. The van der Waals surface area contributed by atoms with Gasteiger partial charge in [-0.15, -0.1) is 0 Å². The van der Waals surface area contributed by atoms with Gasteiger partial charge in [0.1, 0.15) is 5.41 Å². The minimum Gasteiger partial charge on any atom is -0.480 e. The van der Waals surface area contributed by atoms with Gasteiger partial charge in [0.05, 0.1) is 0 Å². The fourth-order valence-corrected chi connectivity index (χ4v) is 2.57. The minimum atomic E-state index is -1.10. The van der Waals surface area contributed by atoms with Crippen LogP contribution in [0.1, 0.15) is 33.1 Å². The Hall–Kier alpha value is -1.10. The molecule has 0 spiro atoms. The van der Waals surface area contributed by atoms with Gasteiger partial charge in [0, 0.05) is 19.1 Å². The van der Waals surface area contributed by atoms with Crippen molar-refractivity contribution in [2.45, 2.75) is 39.2 Å². The summed E-state index contributed by atoms with van der Waals surface area (Å²) in [6, 6.07) is 0.541. The average molecular weight is 254 g/mol. The molecule has 2 rings (SSSR count). The number of likely N-dealkylation sites (tertiary alicyclic amines) is 1. The van der Waals surface area contributed by atoms with Crippen molar-refractivity contribution >= 4 is 11.9 Å². The molecule has 1 heterocycles. The molecule has 1 aliphatic heterocycles. The van der Waals surface area contributed by atoms with E-state index in [1.807, 2.05) is 0 Å². The average Bonchev–Trinajstić information content (AvgIpc) is 2.99. The highest BCUT2D eigenvalue weighted by Gasteiger charge is 2.57. The lowest BCUT2D eigenvalue weighted by molar-refractivity contribution is -0.149. The van der Waals surface area contributed by atoms with Gasteiger partial charge >= 0.3 is 5.97 Å². The fourth-order valence-electron chi connectivity index (χ4n) is 2.57. The Kier molecular flexibility index (Phi) is 3.61. The third-order valence-electron chi connectivity index (χ3n) is 4.19. The Morgan fingerprint density at radius 2 is 2.11 bits per heavy atom. The van der Waals surface area contributed by atoms with E-state index in [9.17, 15) is 9.59 Å². The van der Waals surface area contributed by atoms with Gasteiger partial charge in [-0.05, 0) is 45.6 Å². The van der Waals surface area contributed by atoms with Crippen molar-refractivity contribution in [3.8, 4) is 0 Å². The zero-order valence-corrected chi connectivity index (χ0v) is 11.1. The molecule has 5 heteroatoms. The maximum atomic E-state index is 11.8. The SMILES string of the molecule is CC(C)N1CCC(CNC(=O)C2(C(=O)O)CC2)C1. The Balaban J connectivity index is 1.76. The molecule has 2 aliphatic rings. The Morgan fingerprint density at radius 1 is 1.44 bits per heavy atom. The number of aliphatic carboxylic acids is 1. The molecule has 1 amide bonds. The molecule has 18 heavy (non-hydrogen) atoms. The number of hydrogen-bond donors (Lipinski definition) is 2. The van der Waals surface area contributed by atoms with Crippen LogP contribution in [0, 0.1) is 11.3 Å². The number of amides is 1. The summed E-state index contributed by atoms with van der Waals surface area (Å²) >= 11 is 0. The van der Waals surface area contributed by atoms with Gasteiger partial charge < -0.3 is 15.3 Å². The summed E-state index contributed by atoms with van der Waals surface area (Å²) < 4.78 is 0. The lowest BCUT2D eigenvalue weighted by atomic mass is 10.1. The van der Waals surface area contributed by atoms with Crippen LogP contribution in [0.15, 0.2) is 0 Å². The molecule has 2 N–H and O–H groups in total. The monoisotopic (exact) mass is 254 g/mol. The van der Waals surface area contributed by atoms with Crippen LogP contribution < -0.4 is 5.32 Å². The number of nitrogens with zero attached hydrogens (tertiary/aromatic N) is 1. The lowest BCUT2D eigenvalue weighted by Crippen LogP contribution is -2.40. The first-order chi connectivity index (χ1) is 8.45. The van der Waals surface area contributed by atoms with Crippen LogP contribution in [0.5, 0.6) is 0 Å². The maximum Gasteiger partial charge on any atom is 0.319 e. The van der Waals surface area contributed by atoms with Crippen LogP contribution in [0.25, 0.3) is 0 Å². The third-order valence-corrected chi connectivity index (χ3v) is 4.19. The van der Waals surface area contributed by atoms with Crippen LogP contribution in [0.4, 0.5) is 0 Å². The second-order valence-electron chi connectivity index (χ2n) is 5.84. The number of rotatable bonds is 5. The highest BCUT2D eigenvalue weighted by atomic mass is 16.4. The summed E-state index contributed by atoms with van der Waals surface area (Å²) in [5, 5.41) is 11.8. The van der Waals surface area contributed by atoms with Gasteiger partial charge in [-0.2, -0.15) is 0 Å². The normalized spacial score (nSPS) is 26.3. The lowest BCUT2D eigenvalue weighted by Gasteiger charge is -2.20. The van der Waals surface area contributed by atoms with Crippen molar-refractivity contribution in [3.63, 3.8) is 0 Å². The summed E-state index contributed by atoms with van der Waals surface area (Å²) in [5.74, 6) is -0.811. The van der Waals surface area contributed by atoms with Crippen molar-refractivity contribution in [2.24, 2.45) is 11.3 Å². The zero-order valence-electron chi connectivity index (χ0n) is 11.1. The van der Waals surface area contributed by atoms with Gasteiger partial charge in [-0.25, -0.2) is 0 Å². The van der Waals surface area contributed by atoms with Crippen molar-refractivity contribution in [3.05, 3.63) is 0 Å². The largest absolute Gasteiger partial charge is 0.480 e. The van der Waals surface area contributed by atoms with Crippen molar-refractivity contribution in [1.29, 1.82) is 0 Å². The van der Waals surface area contributed by atoms with Crippen LogP contribution in [0.3, 0.4) is 0 Å². The van der Waals surface area contributed by atoms with Crippen molar-refractivity contribution in [1.82, 2.24) is 10.2 Å². The predicted molar refractivity (Wildman–Crippen MR) is 67.1 cm³/mol. The summed E-state index contributed by atoms with van der Waals surface area (Å²) in [6.45, 7) is 7.02. The van der Waals surface area contributed by atoms with Gasteiger partial charge in [0.2, 0.25) is 5.91 Å². The second-order valence-corrected chi connectivity index (χ2v) is 5.84. The van der Waals surface area contributed by atoms with E-state index >= 15 is 0 Å². The Bertz CT molecular complexity index is 350. The smallest absolute Gasteiger partial charge is 0.319 e. The van der Waals surface area contributed by atoms with Crippen LogP contribution in [-0.4, -0.2) is 47.6 Å². The van der Waals surface area contributed by atoms with E-state index in [1.165, 1.54) is 0 Å². The second kappa shape index (κ2) is 4.88. The van der Waals surface area contributed by atoms with Crippen molar-refractivity contribution < 1.29 is 14.7 Å². The first-order valence-corrected chi connectivity index (χ1v) is 6.71. The van der Waals surface area contributed by atoms with E-state index in [0.717, 1.165) is 19.5 Å². The van der Waals surface area contributed by atoms with Crippen LogP contribution >= 0.6 is 0 Å². The van der Waals surface area contributed by atoms with Crippen molar-refractivity contribution in [2.75, 3.05) is 19.6 Å². The van der Waals surface area contributed by atoms with E-state index in [-0.39, 0.29) is 5.91 Å². The zero-order chi connectivity index (χ0) is 13.3. The molecule has 5 nitrogen and oxygen atoms in total. The van der Waals surface area contributed by atoms with Gasteiger partial charge in [0.15, 0.2) is 0 Å². The van der Waals surface area contributed by atoms with Crippen LogP contribution in [0.2, 0.25) is 0 Å². The predicted octanol–water partition coefficient (Wildman–Crippen LogP) is 0.698. The molecule has 1 saturated heterocycles. The third kappa shape index (κ3) is 2.51. The van der Waals surface area contributed by atoms with Gasteiger partial charge in [0.25, 0.3) is 0 Å². The highest BCUT2D eigenvalue weighted by molar-refractivity contribution is 6.04. The summed E-state index contributed by atoms with van der Waals surface area (Å²) in [4.78, 5) is 25.2. The molecule has 0 aromatic heterocycles. The van der Waals surface area contributed by atoms with E-state index in [1.54, 1.807) is 0 Å². The first-order valence-electron chi connectivity index (χ1n) is 6.71. The van der Waals surface area contributed by atoms with E-state index in [2.05, 4.69) is 24.1 Å². The Labute approximate surface area is 108 Å². The molecular formula is C13H22N2O3. The molecule has 0 aromatic rings. The van der Waals surface area contributed by atoms with Gasteiger partial charge in [-0.1, -0.05) is 0 Å². The first kappa shape index (κ1) is 13.3. The number of carbonyl (C=O) groups is 2. The molecule has 0 radical (unpaired) electrons. The number of carbonyl (C=O) groups excluding carboxylic acids is 1. The maximum absolute atomic E-state index is 11.8. The number of nitrogens with one attached hydrogen (secondary N) is 1. The number of carboxylic acid groups (broad SMARTS) is 1. The van der Waals surface area contributed by atoms with E-state index in [4.69, 9.17) is 5.11 Å². The fraction of sp³-hybridized carbons (Fsp3) is 0.846. The summed E-state index contributed by atoms with van der Waals surface area (Å²) in [6.07, 6.45) is 2.05. The van der Waals surface area contributed by atoms with E-state index < -0.39 is 11.4 Å². The number of carboxylic acids is 1. The topological polar surface area (TPSA) is 69.6 Å². The minimum absolute atomic E-state index is 0.294. The quantitative estimate of drug-likeness (QED) is 0.709. The highest BCUT2D eigenvalue weighted by Crippen LogP contribution is 2.46. The van der Waals surface area contributed by atoms with E-state index in [0.29, 0.717) is 31.3 Å². The molecule has 0 bridgehead atoms. The van der Waals surface area contributed by atoms with Crippen LogP contribution in [-0.2, 0) is 9.59 Å². The molecule has 1 aliphatic carbocycles. The Morgan fingerprint density at radius 3 is 2.56 bits per heavy atom.